The lowest BCUT2D eigenvalue weighted by Gasteiger charge is -2.18. The molecule has 0 spiro atoms. The minimum absolute atomic E-state index is 0.269. The van der Waals surface area contributed by atoms with Gasteiger partial charge in [0.05, 0.1) is 11.2 Å². The summed E-state index contributed by atoms with van der Waals surface area (Å²) >= 11 is 3.10. The second kappa shape index (κ2) is 6.83. The summed E-state index contributed by atoms with van der Waals surface area (Å²) < 4.78 is 80.3. The van der Waals surface area contributed by atoms with E-state index >= 15 is 0 Å². The van der Waals surface area contributed by atoms with Crippen LogP contribution in [0.1, 0.15) is 23.3 Å². The number of carbonyl (C=O) groups excluding carboxylic acids is 1. The van der Waals surface area contributed by atoms with E-state index in [0.717, 1.165) is 10.8 Å². The topological polar surface area (TPSA) is 81.1 Å². The molecule has 3 rings (SSSR count). The van der Waals surface area contributed by atoms with E-state index in [0.29, 0.717) is 4.60 Å². The summed E-state index contributed by atoms with van der Waals surface area (Å²) in [7, 11) is -3.37. The van der Waals surface area contributed by atoms with E-state index in [9.17, 15) is 30.8 Å². The Bertz CT molecular complexity index is 1050. The average molecular weight is 484 g/mol. The lowest BCUT2D eigenvalue weighted by molar-refractivity contribution is -0.180. The van der Waals surface area contributed by atoms with Crippen LogP contribution in [0, 0.1) is 11.2 Å². The highest BCUT2D eigenvalue weighted by atomic mass is 79.9. The standard InChI is InChI=1S/C16H14BrF4N3O3S/c1-24-7-10(28(26,27)8-15(3-4-15)16(19,20)21)12(18)13(24)14(25)23-9-2-5-22-11(17)6-9/h2,5-7H,3-4,8H2,1H3,(H,22,23,25). The minimum Gasteiger partial charge on any atom is -0.343 e. The number of carbonyl (C=O) groups is 1. The van der Waals surface area contributed by atoms with Crippen molar-refractivity contribution in [1.29, 1.82) is 0 Å². The first-order valence-corrected chi connectivity index (χ1v) is 10.4. The van der Waals surface area contributed by atoms with Gasteiger partial charge in [0.15, 0.2) is 15.7 Å². The number of nitrogens with zero attached hydrogens (tertiary/aromatic N) is 2. The van der Waals surface area contributed by atoms with Crippen LogP contribution in [-0.4, -0.2) is 35.8 Å². The van der Waals surface area contributed by atoms with Crippen molar-refractivity contribution in [2.45, 2.75) is 23.9 Å². The number of nitrogens with one attached hydrogen (secondary N) is 1. The van der Waals surface area contributed by atoms with Crippen LogP contribution in [0.3, 0.4) is 0 Å². The maximum atomic E-state index is 14.7. The van der Waals surface area contributed by atoms with Crippen LogP contribution >= 0.6 is 15.9 Å². The van der Waals surface area contributed by atoms with Crippen molar-refractivity contribution in [1.82, 2.24) is 9.55 Å². The lowest BCUT2D eigenvalue weighted by Crippen LogP contribution is -2.32. The fourth-order valence-electron chi connectivity index (χ4n) is 2.82. The van der Waals surface area contributed by atoms with Crippen LogP contribution in [0.15, 0.2) is 34.0 Å². The second-order valence-corrected chi connectivity index (χ2v) is 9.40. The lowest BCUT2D eigenvalue weighted by atomic mass is 10.1. The minimum atomic E-state index is -4.69. The molecule has 1 aliphatic rings. The normalized spacial score (nSPS) is 16.1. The highest BCUT2D eigenvalue weighted by Crippen LogP contribution is 2.58. The summed E-state index contributed by atoms with van der Waals surface area (Å²) in [6.45, 7) is 0. The van der Waals surface area contributed by atoms with E-state index in [2.05, 4.69) is 26.2 Å². The van der Waals surface area contributed by atoms with Crippen molar-refractivity contribution in [3.8, 4) is 0 Å². The van der Waals surface area contributed by atoms with Gasteiger partial charge < -0.3 is 9.88 Å². The molecule has 0 unspecified atom stereocenters. The van der Waals surface area contributed by atoms with E-state index in [1.807, 2.05) is 0 Å². The molecule has 1 N–H and O–H groups in total. The van der Waals surface area contributed by atoms with Gasteiger partial charge in [-0.15, -0.1) is 0 Å². The van der Waals surface area contributed by atoms with Crippen molar-refractivity contribution in [2.24, 2.45) is 12.5 Å². The van der Waals surface area contributed by atoms with Crippen LogP contribution in [-0.2, 0) is 16.9 Å². The van der Waals surface area contributed by atoms with Crippen LogP contribution in [0.25, 0.3) is 0 Å². The molecule has 28 heavy (non-hydrogen) atoms. The Morgan fingerprint density at radius 3 is 2.57 bits per heavy atom. The van der Waals surface area contributed by atoms with Crippen LogP contribution in [0.2, 0.25) is 0 Å². The summed E-state index contributed by atoms with van der Waals surface area (Å²) in [5, 5.41) is 2.39. The predicted octanol–water partition coefficient (Wildman–Crippen LogP) is 3.69. The third kappa shape index (κ3) is 3.79. The number of pyridine rings is 1. The molecule has 0 bridgehead atoms. The average Bonchev–Trinajstić information content (AvgIpc) is 3.25. The monoisotopic (exact) mass is 483 g/mol. The van der Waals surface area contributed by atoms with Crippen LogP contribution < -0.4 is 5.32 Å². The first-order valence-electron chi connectivity index (χ1n) is 7.93. The van der Waals surface area contributed by atoms with Crippen molar-refractivity contribution in [2.75, 3.05) is 11.1 Å². The number of anilines is 1. The number of alkyl halides is 3. The smallest absolute Gasteiger partial charge is 0.343 e. The maximum absolute atomic E-state index is 14.7. The van der Waals surface area contributed by atoms with Crippen molar-refractivity contribution >= 4 is 37.4 Å². The first kappa shape index (κ1) is 20.8. The highest BCUT2D eigenvalue weighted by molar-refractivity contribution is 9.10. The number of hydrogen-bond acceptors (Lipinski definition) is 4. The number of aryl methyl sites for hydroxylation is 1. The number of halogens is 5. The number of sulfone groups is 1. The van der Waals surface area contributed by atoms with E-state index in [1.54, 1.807) is 0 Å². The molecule has 0 saturated heterocycles. The van der Waals surface area contributed by atoms with Crippen molar-refractivity contribution in [3.63, 3.8) is 0 Å². The van der Waals surface area contributed by atoms with E-state index in [4.69, 9.17) is 0 Å². The summed E-state index contributed by atoms with van der Waals surface area (Å²) in [6, 6.07) is 2.87. The highest BCUT2D eigenvalue weighted by Gasteiger charge is 2.65. The van der Waals surface area contributed by atoms with Gasteiger partial charge in [-0.1, -0.05) is 0 Å². The van der Waals surface area contributed by atoms with Crippen LogP contribution in [0.4, 0.5) is 23.2 Å². The Hall–Kier alpha value is -1.95. The molecule has 1 aliphatic carbocycles. The number of rotatable bonds is 5. The maximum Gasteiger partial charge on any atom is 0.395 e. The third-order valence-electron chi connectivity index (χ3n) is 4.54. The molecule has 2 aromatic rings. The van der Waals surface area contributed by atoms with Gasteiger partial charge >= 0.3 is 6.18 Å². The summed E-state index contributed by atoms with van der Waals surface area (Å²) in [5.74, 6) is -3.58. The van der Waals surface area contributed by atoms with E-state index in [-0.39, 0.29) is 18.5 Å². The molecule has 0 atom stereocenters. The number of aromatic nitrogens is 2. The summed E-state index contributed by atoms with van der Waals surface area (Å²) in [4.78, 5) is 15.3. The zero-order chi connectivity index (χ0) is 20.9. The molecule has 0 aliphatic heterocycles. The zero-order valence-electron chi connectivity index (χ0n) is 14.3. The van der Waals surface area contributed by atoms with Crippen molar-refractivity contribution < 1.29 is 30.8 Å². The van der Waals surface area contributed by atoms with Gasteiger partial charge in [0.25, 0.3) is 5.91 Å². The molecule has 0 radical (unpaired) electrons. The molecular weight excluding hydrogens is 470 g/mol. The van der Waals surface area contributed by atoms with Gasteiger partial charge in [-0.05, 0) is 40.9 Å². The van der Waals surface area contributed by atoms with Gasteiger partial charge in [0.2, 0.25) is 0 Å². The van der Waals surface area contributed by atoms with Gasteiger partial charge in [-0.3, -0.25) is 4.79 Å². The van der Waals surface area contributed by atoms with Gasteiger partial charge in [0, 0.05) is 25.1 Å². The Morgan fingerprint density at radius 2 is 2.04 bits per heavy atom. The Balaban J connectivity index is 1.90. The molecular formula is C16H14BrF4N3O3S. The van der Waals surface area contributed by atoms with Gasteiger partial charge in [-0.25, -0.2) is 17.8 Å². The van der Waals surface area contributed by atoms with Crippen molar-refractivity contribution in [3.05, 3.63) is 40.6 Å². The molecule has 2 aromatic heterocycles. The van der Waals surface area contributed by atoms with E-state index in [1.165, 1.54) is 25.4 Å². The molecule has 1 amide bonds. The molecule has 12 heteroatoms. The third-order valence-corrected chi connectivity index (χ3v) is 6.86. The quantitative estimate of drug-likeness (QED) is 0.519. The zero-order valence-corrected chi connectivity index (χ0v) is 16.8. The molecule has 1 saturated carbocycles. The Labute approximate surface area is 166 Å². The summed E-state index contributed by atoms with van der Waals surface area (Å²) in [5.41, 5.74) is -2.69. The second-order valence-electron chi connectivity index (χ2n) is 6.63. The summed E-state index contributed by atoms with van der Waals surface area (Å²) in [6.07, 6.45) is -3.15. The number of amides is 1. The largest absolute Gasteiger partial charge is 0.395 e. The fourth-order valence-corrected chi connectivity index (χ4v) is 5.21. The number of hydrogen-bond donors (Lipinski definition) is 1. The SMILES string of the molecule is Cn1cc(S(=O)(=O)CC2(C(F)(F)F)CC2)c(F)c1C(=O)Nc1ccnc(Br)c1. The Morgan fingerprint density at radius 1 is 1.39 bits per heavy atom. The molecule has 6 nitrogen and oxygen atoms in total. The van der Waals surface area contributed by atoms with Crippen LogP contribution in [0.5, 0.6) is 0 Å². The predicted molar refractivity (Wildman–Crippen MR) is 95.0 cm³/mol. The molecule has 0 aromatic carbocycles. The fraction of sp³-hybridized carbons (Fsp3) is 0.375. The molecule has 1 fully saturated rings. The first-order chi connectivity index (χ1) is 12.9. The van der Waals surface area contributed by atoms with Gasteiger partial charge in [-0.2, -0.15) is 13.2 Å². The van der Waals surface area contributed by atoms with E-state index < -0.39 is 49.5 Å². The van der Waals surface area contributed by atoms with Gasteiger partial charge in [0.1, 0.15) is 15.2 Å². The molecule has 2 heterocycles. The molecule has 152 valence electrons. The Kier molecular flexibility index (Phi) is 5.07.